The number of aromatic nitrogens is 1. The number of nitrogens with one attached hydrogen (secondary N) is 1. The van der Waals surface area contributed by atoms with E-state index in [1.807, 2.05) is 25.1 Å². The summed E-state index contributed by atoms with van der Waals surface area (Å²) in [6.07, 6.45) is 3.55. The Kier molecular flexibility index (Phi) is 4.33. The van der Waals surface area contributed by atoms with Gasteiger partial charge in [-0.15, -0.1) is 0 Å². The van der Waals surface area contributed by atoms with E-state index >= 15 is 0 Å². The number of aryl methyl sites for hydroxylation is 1. The molecular formula is C18H18N3O2S+. The Morgan fingerprint density at radius 2 is 1.62 bits per heavy atom. The first-order chi connectivity index (χ1) is 11.5. The molecule has 4 N–H and O–H groups in total. The predicted molar refractivity (Wildman–Crippen MR) is 94.2 cm³/mol. The van der Waals surface area contributed by atoms with E-state index < -0.39 is 10.0 Å². The highest BCUT2D eigenvalue weighted by Gasteiger charge is 2.14. The van der Waals surface area contributed by atoms with Crippen LogP contribution >= 0.6 is 0 Å². The van der Waals surface area contributed by atoms with Crippen LogP contribution in [0.25, 0.3) is 11.1 Å². The zero-order valence-corrected chi connectivity index (χ0v) is 14.0. The number of nitrogens with zero attached hydrogens (tertiary/aromatic N) is 1. The number of quaternary nitrogens is 1. The fourth-order valence-electron chi connectivity index (χ4n) is 2.37. The zero-order valence-electron chi connectivity index (χ0n) is 13.2. The summed E-state index contributed by atoms with van der Waals surface area (Å²) in [5, 5.41) is 0. The molecule has 0 aliphatic rings. The van der Waals surface area contributed by atoms with Gasteiger partial charge in [0, 0.05) is 35.8 Å². The number of hydrogen-bond donors (Lipinski definition) is 2. The topological polar surface area (TPSA) is 86.7 Å². The minimum Gasteiger partial charge on any atom is -0.325 e. The molecule has 0 bridgehead atoms. The first-order valence-electron chi connectivity index (χ1n) is 7.41. The molecule has 1 aromatic heterocycles. The molecule has 6 heteroatoms. The van der Waals surface area contributed by atoms with Crippen LogP contribution in [0.5, 0.6) is 0 Å². The molecule has 122 valence electrons. The quantitative estimate of drug-likeness (QED) is 0.765. The van der Waals surface area contributed by atoms with Gasteiger partial charge in [-0.25, -0.2) is 8.42 Å². The second-order valence-corrected chi connectivity index (χ2v) is 7.20. The number of sulfonamides is 1. The highest BCUT2D eigenvalue weighted by molar-refractivity contribution is 7.92. The van der Waals surface area contributed by atoms with E-state index in [1.165, 1.54) is 12.1 Å². The van der Waals surface area contributed by atoms with Crippen LogP contribution in [0.3, 0.4) is 0 Å². The number of pyridine rings is 1. The van der Waals surface area contributed by atoms with Crippen LogP contribution in [0, 0.1) is 6.92 Å². The second kappa shape index (κ2) is 6.43. The van der Waals surface area contributed by atoms with Gasteiger partial charge in [0.15, 0.2) is 0 Å². The largest absolute Gasteiger partial charge is 0.325 e. The molecule has 2 aromatic carbocycles. The molecule has 0 aliphatic carbocycles. The van der Waals surface area contributed by atoms with Crippen LogP contribution in [0.4, 0.5) is 11.4 Å². The molecule has 0 fully saturated rings. The van der Waals surface area contributed by atoms with Gasteiger partial charge in [-0.2, -0.15) is 0 Å². The lowest BCUT2D eigenvalue weighted by atomic mass is 10.0. The molecule has 0 amide bonds. The zero-order chi connectivity index (χ0) is 17.2. The van der Waals surface area contributed by atoms with E-state index in [9.17, 15) is 8.42 Å². The molecule has 0 saturated carbocycles. The average molecular weight is 340 g/mol. The van der Waals surface area contributed by atoms with Gasteiger partial charge in [0.05, 0.1) is 4.90 Å². The molecule has 0 aliphatic heterocycles. The van der Waals surface area contributed by atoms with Crippen LogP contribution in [-0.2, 0) is 10.0 Å². The van der Waals surface area contributed by atoms with Gasteiger partial charge in [-0.3, -0.25) is 9.71 Å². The van der Waals surface area contributed by atoms with Crippen LogP contribution in [0.1, 0.15) is 5.56 Å². The normalized spacial score (nSPS) is 11.2. The highest BCUT2D eigenvalue weighted by Crippen LogP contribution is 2.25. The van der Waals surface area contributed by atoms with Crippen molar-refractivity contribution in [1.82, 2.24) is 4.98 Å². The van der Waals surface area contributed by atoms with Crippen molar-refractivity contribution >= 4 is 21.4 Å². The van der Waals surface area contributed by atoms with Crippen molar-refractivity contribution in [2.75, 3.05) is 4.72 Å². The van der Waals surface area contributed by atoms with Crippen molar-refractivity contribution in [3.05, 3.63) is 72.6 Å². The average Bonchev–Trinajstić information content (AvgIpc) is 2.56. The first-order valence-corrected chi connectivity index (χ1v) is 8.90. The molecule has 24 heavy (non-hydrogen) atoms. The summed E-state index contributed by atoms with van der Waals surface area (Å²) in [6, 6.07) is 15.6. The monoisotopic (exact) mass is 340 g/mol. The van der Waals surface area contributed by atoms with Crippen molar-refractivity contribution in [2.45, 2.75) is 11.8 Å². The molecule has 0 spiro atoms. The van der Waals surface area contributed by atoms with Crippen molar-refractivity contribution in [3.8, 4) is 11.1 Å². The van der Waals surface area contributed by atoms with E-state index in [1.54, 1.807) is 36.7 Å². The molecular weight excluding hydrogens is 322 g/mol. The standard InChI is InChI=1S/C18H17N3O2S/c1-13-10-11-20-12-18(13)14-2-6-16(7-3-14)21-24(22,23)17-8-4-15(19)5-9-17/h2-12,21H,19H2,1H3/p+1. The summed E-state index contributed by atoms with van der Waals surface area (Å²) in [5.74, 6) is 0. The summed E-state index contributed by atoms with van der Waals surface area (Å²) in [7, 11) is -3.61. The Labute approximate surface area is 141 Å². The molecule has 0 saturated heterocycles. The van der Waals surface area contributed by atoms with Gasteiger partial charge in [-0.05, 0) is 48.4 Å². The summed E-state index contributed by atoms with van der Waals surface area (Å²) in [4.78, 5) is 4.34. The SMILES string of the molecule is Cc1ccncc1-c1ccc(NS(=O)(=O)c2ccc([NH3+])cc2)cc1. The van der Waals surface area contributed by atoms with E-state index in [0.717, 1.165) is 22.4 Å². The summed E-state index contributed by atoms with van der Waals surface area (Å²) in [5.41, 5.74) is 8.17. The number of rotatable bonds is 4. The first kappa shape index (κ1) is 16.2. The summed E-state index contributed by atoms with van der Waals surface area (Å²) < 4.78 is 27.3. The minimum atomic E-state index is -3.61. The molecule has 3 aromatic rings. The van der Waals surface area contributed by atoms with Crippen LogP contribution in [0.15, 0.2) is 71.9 Å². The maximum absolute atomic E-state index is 12.4. The Hall–Kier alpha value is -2.70. The Morgan fingerprint density at radius 3 is 2.25 bits per heavy atom. The van der Waals surface area contributed by atoms with Gasteiger partial charge < -0.3 is 5.73 Å². The summed E-state index contributed by atoms with van der Waals surface area (Å²) in [6.45, 7) is 2.01. The Balaban J connectivity index is 1.84. The Morgan fingerprint density at radius 1 is 0.958 bits per heavy atom. The minimum absolute atomic E-state index is 0.210. The lowest BCUT2D eigenvalue weighted by Gasteiger charge is -2.10. The van der Waals surface area contributed by atoms with E-state index in [-0.39, 0.29) is 4.90 Å². The number of hydrogen-bond acceptors (Lipinski definition) is 3. The van der Waals surface area contributed by atoms with Crippen molar-refractivity contribution in [3.63, 3.8) is 0 Å². The van der Waals surface area contributed by atoms with Crippen LogP contribution in [0.2, 0.25) is 0 Å². The van der Waals surface area contributed by atoms with E-state index in [2.05, 4.69) is 15.4 Å². The van der Waals surface area contributed by atoms with Gasteiger partial charge in [0.2, 0.25) is 0 Å². The summed E-state index contributed by atoms with van der Waals surface area (Å²) >= 11 is 0. The smallest absolute Gasteiger partial charge is 0.261 e. The van der Waals surface area contributed by atoms with E-state index in [4.69, 9.17) is 0 Å². The van der Waals surface area contributed by atoms with Crippen molar-refractivity contribution in [2.24, 2.45) is 0 Å². The molecule has 0 radical (unpaired) electrons. The van der Waals surface area contributed by atoms with Crippen LogP contribution in [-0.4, -0.2) is 13.4 Å². The lowest BCUT2D eigenvalue weighted by Crippen LogP contribution is -2.39. The molecule has 5 nitrogen and oxygen atoms in total. The third-order valence-electron chi connectivity index (χ3n) is 3.72. The lowest BCUT2D eigenvalue weighted by molar-refractivity contribution is -0.254. The van der Waals surface area contributed by atoms with Gasteiger partial charge in [0.1, 0.15) is 5.69 Å². The second-order valence-electron chi connectivity index (χ2n) is 5.52. The van der Waals surface area contributed by atoms with E-state index in [0.29, 0.717) is 5.69 Å². The third-order valence-corrected chi connectivity index (χ3v) is 5.12. The molecule has 0 unspecified atom stereocenters. The fraction of sp³-hybridized carbons (Fsp3) is 0.0556. The third kappa shape index (κ3) is 3.45. The van der Waals surface area contributed by atoms with Crippen LogP contribution < -0.4 is 10.5 Å². The molecule has 3 rings (SSSR count). The fourth-order valence-corrected chi connectivity index (χ4v) is 3.43. The van der Waals surface area contributed by atoms with Gasteiger partial charge in [0.25, 0.3) is 10.0 Å². The predicted octanol–water partition coefficient (Wildman–Crippen LogP) is 2.73. The van der Waals surface area contributed by atoms with Crippen molar-refractivity contribution in [1.29, 1.82) is 0 Å². The molecule has 1 heterocycles. The maximum atomic E-state index is 12.4. The number of benzene rings is 2. The van der Waals surface area contributed by atoms with Gasteiger partial charge in [-0.1, -0.05) is 12.1 Å². The maximum Gasteiger partial charge on any atom is 0.261 e. The highest BCUT2D eigenvalue weighted by atomic mass is 32.2. The van der Waals surface area contributed by atoms with Crippen molar-refractivity contribution < 1.29 is 14.2 Å². The number of anilines is 1. The van der Waals surface area contributed by atoms with Gasteiger partial charge >= 0.3 is 0 Å². The Bertz CT molecular complexity index is 950. The molecule has 0 atom stereocenters.